The summed E-state index contributed by atoms with van der Waals surface area (Å²) in [5.41, 5.74) is 15.3. The molecule has 0 aromatic carbocycles. The van der Waals surface area contributed by atoms with Gasteiger partial charge in [0.05, 0.1) is 17.5 Å². The fourth-order valence-electron chi connectivity index (χ4n) is 1.70. The van der Waals surface area contributed by atoms with Crippen molar-refractivity contribution in [2.24, 2.45) is 17.2 Å². The molecule has 10 N–H and O–H groups in total. The Kier molecular flexibility index (Phi) is 35.4. The summed E-state index contributed by atoms with van der Waals surface area (Å²) in [4.78, 5) is 9.00. The Balaban J connectivity index is -0.000000141. The Morgan fingerprint density at radius 3 is 0.929 bits per heavy atom. The van der Waals surface area contributed by atoms with Gasteiger partial charge in [-0.3, -0.25) is 21.0 Å². The molecule has 28 heavy (non-hydrogen) atoms. The third-order valence-electron chi connectivity index (χ3n) is 3.15. The van der Waals surface area contributed by atoms with E-state index in [1.807, 2.05) is 0 Å². The Morgan fingerprint density at radius 1 is 0.643 bits per heavy atom. The molecule has 0 spiro atoms. The van der Waals surface area contributed by atoms with Crippen LogP contribution in [0.15, 0.2) is 0 Å². The molecule has 0 aromatic heterocycles. The summed E-state index contributed by atoms with van der Waals surface area (Å²) in [5, 5.41) is 28.0. The molecule has 8 heteroatoms. The topological polar surface area (TPSA) is 187 Å². The summed E-state index contributed by atoms with van der Waals surface area (Å²) in [6.07, 6.45) is 12.7. The van der Waals surface area contributed by atoms with Gasteiger partial charge in [-0.05, 0) is 19.3 Å². The maximum Gasteiger partial charge on any atom is 0.300 e. The molecule has 0 atom stereocenters. The van der Waals surface area contributed by atoms with Crippen LogP contribution in [0.1, 0.15) is 105 Å². The van der Waals surface area contributed by atoms with E-state index in [2.05, 4.69) is 20.8 Å². The van der Waals surface area contributed by atoms with Crippen LogP contribution in [0.2, 0.25) is 0 Å². The highest BCUT2D eigenvalue weighted by Gasteiger charge is 1.88. The molecule has 0 unspecified atom stereocenters. The fourth-order valence-corrected chi connectivity index (χ4v) is 1.70. The minimum atomic E-state index is -0.833. The Hall–Kier alpha value is -2.12. The van der Waals surface area contributed by atoms with E-state index in [0.29, 0.717) is 17.5 Å². The van der Waals surface area contributed by atoms with E-state index >= 15 is 0 Å². The van der Waals surface area contributed by atoms with Crippen LogP contribution in [0.5, 0.6) is 0 Å². The molecule has 0 aliphatic heterocycles. The zero-order valence-electron chi connectivity index (χ0n) is 18.6. The maximum atomic E-state index is 9.00. The van der Waals surface area contributed by atoms with Gasteiger partial charge >= 0.3 is 0 Å². The molecule has 8 nitrogen and oxygen atoms in total. The van der Waals surface area contributed by atoms with Crippen LogP contribution in [-0.2, 0) is 4.79 Å². The predicted octanol–water partition coefficient (Wildman–Crippen LogP) is 4.60. The minimum absolute atomic E-state index is 0.318. The van der Waals surface area contributed by atoms with Crippen LogP contribution in [-0.4, -0.2) is 28.6 Å². The molecule has 168 valence electrons. The molecule has 0 aliphatic carbocycles. The van der Waals surface area contributed by atoms with Crippen molar-refractivity contribution >= 4 is 23.5 Å². The Labute approximate surface area is 172 Å². The SMILES string of the molecule is CC(=O)O.CCCCCC(=N)N.CCCCCC(=N)N.CCCCCC(=N)N. The van der Waals surface area contributed by atoms with Gasteiger partial charge in [-0.25, -0.2) is 0 Å². The molecule has 0 radical (unpaired) electrons. The molecular weight excluding hydrogens is 356 g/mol. The second-order valence-corrected chi connectivity index (χ2v) is 6.47. The van der Waals surface area contributed by atoms with Crippen molar-refractivity contribution in [3.8, 4) is 0 Å². The van der Waals surface area contributed by atoms with Gasteiger partial charge in [-0.2, -0.15) is 0 Å². The monoisotopic (exact) mass is 402 g/mol. The summed E-state index contributed by atoms with van der Waals surface area (Å²) in [6.45, 7) is 7.50. The lowest BCUT2D eigenvalue weighted by molar-refractivity contribution is -0.134. The van der Waals surface area contributed by atoms with E-state index in [0.717, 1.165) is 45.4 Å². The minimum Gasteiger partial charge on any atom is -0.481 e. The van der Waals surface area contributed by atoms with E-state index in [1.54, 1.807) is 0 Å². The van der Waals surface area contributed by atoms with Crippen molar-refractivity contribution in [2.75, 3.05) is 0 Å². The van der Waals surface area contributed by atoms with Crippen LogP contribution >= 0.6 is 0 Å². The average molecular weight is 403 g/mol. The van der Waals surface area contributed by atoms with Crippen LogP contribution in [0.3, 0.4) is 0 Å². The van der Waals surface area contributed by atoms with Crippen LogP contribution in [0.25, 0.3) is 0 Å². The number of nitrogens with one attached hydrogen (secondary N) is 3. The first-order chi connectivity index (χ1) is 13.0. The third kappa shape index (κ3) is 75.4. The van der Waals surface area contributed by atoms with E-state index in [4.69, 9.17) is 43.3 Å². The summed E-state index contributed by atoms with van der Waals surface area (Å²) in [6, 6.07) is 0. The summed E-state index contributed by atoms with van der Waals surface area (Å²) < 4.78 is 0. The fraction of sp³-hybridized carbons (Fsp3) is 0.800. The predicted molar refractivity (Wildman–Crippen MR) is 121 cm³/mol. The molecule has 0 bridgehead atoms. The number of carboxylic acids is 1. The number of aliphatic carboxylic acids is 1. The number of hydrogen-bond acceptors (Lipinski definition) is 4. The van der Waals surface area contributed by atoms with E-state index in [1.165, 1.54) is 38.5 Å². The van der Waals surface area contributed by atoms with Crippen molar-refractivity contribution < 1.29 is 9.90 Å². The quantitative estimate of drug-likeness (QED) is 0.142. The molecule has 0 rings (SSSR count). The highest BCUT2D eigenvalue weighted by atomic mass is 16.4. The zero-order chi connectivity index (χ0) is 22.8. The smallest absolute Gasteiger partial charge is 0.300 e. The van der Waals surface area contributed by atoms with Crippen LogP contribution in [0, 0.1) is 16.2 Å². The van der Waals surface area contributed by atoms with Gasteiger partial charge in [0.1, 0.15) is 0 Å². The summed E-state index contributed by atoms with van der Waals surface area (Å²) >= 11 is 0. The average Bonchev–Trinajstić information content (AvgIpc) is 2.55. The van der Waals surface area contributed by atoms with Crippen LogP contribution in [0.4, 0.5) is 0 Å². The lowest BCUT2D eigenvalue weighted by atomic mass is 10.2. The van der Waals surface area contributed by atoms with Crippen molar-refractivity contribution in [1.82, 2.24) is 0 Å². The zero-order valence-corrected chi connectivity index (χ0v) is 18.6. The lowest BCUT2D eigenvalue weighted by Gasteiger charge is -1.93. The summed E-state index contributed by atoms with van der Waals surface area (Å²) in [7, 11) is 0. The molecule has 0 saturated heterocycles. The number of amidine groups is 3. The van der Waals surface area contributed by atoms with Crippen molar-refractivity contribution in [3.63, 3.8) is 0 Å². The van der Waals surface area contributed by atoms with E-state index in [9.17, 15) is 0 Å². The molecule has 0 heterocycles. The van der Waals surface area contributed by atoms with Crippen molar-refractivity contribution in [1.29, 1.82) is 16.2 Å². The van der Waals surface area contributed by atoms with Gasteiger partial charge in [-0.1, -0.05) is 59.3 Å². The van der Waals surface area contributed by atoms with Gasteiger partial charge in [0.15, 0.2) is 0 Å². The number of nitrogens with two attached hydrogens (primary N) is 3. The van der Waals surface area contributed by atoms with E-state index in [-0.39, 0.29) is 0 Å². The first-order valence-corrected chi connectivity index (χ1v) is 10.2. The highest BCUT2D eigenvalue weighted by Crippen LogP contribution is 1.97. The maximum absolute atomic E-state index is 9.00. The molecule has 0 amide bonds. The molecule has 0 aliphatic rings. The van der Waals surface area contributed by atoms with Gasteiger partial charge in [0, 0.05) is 26.2 Å². The molecule has 0 aromatic rings. The lowest BCUT2D eigenvalue weighted by Crippen LogP contribution is -2.08. The first-order valence-electron chi connectivity index (χ1n) is 10.2. The largest absolute Gasteiger partial charge is 0.481 e. The molecule has 0 fully saturated rings. The first kappa shape index (κ1) is 33.5. The second-order valence-electron chi connectivity index (χ2n) is 6.47. The van der Waals surface area contributed by atoms with Gasteiger partial charge in [0.25, 0.3) is 5.97 Å². The van der Waals surface area contributed by atoms with Crippen molar-refractivity contribution in [2.45, 2.75) is 105 Å². The number of hydrogen-bond donors (Lipinski definition) is 7. The number of carboxylic acid groups (broad SMARTS) is 1. The van der Waals surface area contributed by atoms with Crippen LogP contribution < -0.4 is 17.2 Å². The third-order valence-corrected chi connectivity index (χ3v) is 3.15. The molecule has 0 saturated carbocycles. The van der Waals surface area contributed by atoms with Gasteiger partial charge in [-0.15, -0.1) is 0 Å². The number of carbonyl (C=O) groups is 1. The standard InChI is InChI=1S/3C6H14N2.C2H4O2/c3*1-2-3-4-5-6(7)8;1-2(3)4/h3*2-5H2,1H3,(H3,7,8);1H3,(H,3,4). The number of rotatable bonds is 12. The van der Waals surface area contributed by atoms with Crippen molar-refractivity contribution in [3.05, 3.63) is 0 Å². The Bertz CT molecular complexity index is 335. The van der Waals surface area contributed by atoms with Gasteiger partial charge in [0.2, 0.25) is 0 Å². The van der Waals surface area contributed by atoms with E-state index < -0.39 is 5.97 Å². The highest BCUT2D eigenvalue weighted by molar-refractivity contribution is 5.77. The summed E-state index contributed by atoms with van der Waals surface area (Å²) in [5.74, 6) is 0.121. The normalized spacial score (nSPS) is 8.71. The Morgan fingerprint density at radius 2 is 0.821 bits per heavy atom. The van der Waals surface area contributed by atoms with Gasteiger partial charge < -0.3 is 22.3 Å². The number of unbranched alkanes of at least 4 members (excludes halogenated alkanes) is 6. The second kappa shape index (κ2) is 29.6. The molecular formula is C20H46N6O2.